The van der Waals surface area contributed by atoms with E-state index in [0.29, 0.717) is 26.1 Å². The van der Waals surface area contributed by atoms with E-state index in [4.69, 9.17) is 0 Å². The van der Waals surface area contributed by atoms with Crippen molar-refractivity contribution in [2.75, 3.05) is 58.9 Å². The summed E-state index contributed by atoms with van der Waals surface area (Å²) < 4.78 is 0. The number of nitrogens with one attached hydrogen (secondary N) is 1. The molecule has 0 unspecified atom stereocenters. The summed E-state index contributed by atoms with van der Waals surface area (Å²) in [5.74, 6) is -0.0759. The third-order valence-corrected chi connectivity index (χ3v) is 5.83. The predicted molar refractivity (Wildman–Crippen MR) is 111 cm³/mol. The van der Waals surface area contributed by atoms with Gasteiger partial charge in [-0.1, -0.05) is 37.3 Å². The summed E-state index contributed by atoms with van der Waals surface area (Å²) in [6, 6.07) is 10.2. The fourth-order valence-corrected chi connectivity index (χ4v) is 4.11. The van der Waals surface area contributed by atoms with Crippen LogP contribution in [0.25, 0.3) is 0 Å². The van der Waals surface area contributed by atoms with Crippen molar-refractivity contribution in [1.29, 1.82) is 0 Å². The molecule has 28 heavy (non-hydrogen) atoms. The lowest BCUT2D eigenvalue weighted by Crippen LogP contribution is -2.48. The van der Waals surface area contributed by atoms with Gasteiger partial charge in [-0.05, 0) is 24.9 Å². The molecule has 2 saturated heterocycles. The van der Waals surface area contributed by atoms with Crippen LogP contribution in [0.1, 0.15) is 25.3 Å². The number of rotatable bonds is 9. The fourth-order valence-electron chi connectivity index (χ4n) is 4.11. The Bertz CT molecular complexity index is 629. The molecule has 0 aliphatic carbocycles. The van der Waals surface area contributed by atoms with Gasteiger partial charge in [-0.15, -0.1) is 0 Å². The zero-order chi connectivity index (χ0) is 19.8. The summed E-state index contributed by atoms with van der Waals surface area (Å²) in [5.41, 5.74) is 1.22. The van der Waals surface area contributed by atoms with E-state index in [9.17, 15) is 9.59 Å². The van der Waals surface area contributed by atoms with Crippen LogP contribution in [0.3, 0.4) is 0 Å². The van der Waals surface area contributed by atoms with Crippen LogP contribution in [0, 0.1) is 5.92 Å². The van der Waals surface area contributed by atoms with Gasteiger partial charge in [0.05, 0.1) is 5.92 Å². The molecular formula is C22H34N4O2. The second-order valence-corrected chi connectivity index (χ2v) is 7.95. The van der Waals surface area contributed by atoms with Crippen molar-refractivity contribution in [2.24, 2.45) is 5.92 Å². The quantitative estimate of drug-likeness (QED) is 0.693. The minimum Gasteiger partial charge on any atom is -0.355 e. The molecule has 2 aliphatic heterocycles. The van der Waals surface area contributed by atoms with Gasteiger partial charge in [-0.2, -0.15) is 0 Å². The highest BCUT2D eigenvalue weighted by Gasteiger charge is 2.33. The van der Waals surface area contributed by atoms with Crippen molar-refractivity contribution in [3.8, 4) is 0 Å². The van der Waals surface area contributed by atoms with Crippen molar-refractivity contribution >= 4 is 11.8 Å². The van der Waals surface area contributed by atoms with Gasteiger partial charge in [0.25, 0.3) is 0 Å². The molecule has 1 aromatic carbocycles. The van der Waals surface area contributed by atoms with E-state index in [2.05, 4.69) is 34.2 Å². The molecule has 2 aliphatic rings. The summed E-state index contributed by atoms with van der Waals surface area (Å²) in [6.45, 7) is 10.6. The van der Waals surface area contributed by atoms with E-state index in [1.807, 2.05) is 23.1 Å². The van der Waals surface area contributed by atoms with Crippen LogP contribution in [0.4, 0.5) is 0 Å². The smallest absolute Gasteiger partial charge is 0.225 e. The molecule has 6 nitrogen and oxygen atoms in total. The Balaban J connectivity index is 1.33. The molecule has 154 valence electrons. The molecule has 1 atom stereocenters. The summed E-state index contributed by atoms with van der Waals surface area (Å²) >= 11 is 0. The molecule has 2 heterocycles. The van der Waals surface area contributed by atoms with Crippen LogP contribution in [0.15, 0.2) is 30.3 Å². The first kappa shape index (κ1) is 20.8. The number of carbonyl (C=O) groups is 2. The Hall–Kier alpha value is -1.92. The van der Waals surface area contributed by atoms with Crippen molar-refractivity contribution in [3.63, 3.8) is 0 Å². The average molecular weight is 387 g/mol. The van der Waals surface area contributed by atoms with Crippen LogP contribution < -0.4 is 5.32 Å². The van der Waals surface area contributed by atoms with Gasteiger partial charge in [0.15, 0.2) is 0 Å². The van der Waals surface area contributed by atoms with E-state index >= 15 is 0 Å². The monoisotopic (exact) mass is 386 g/mol. The number of carbonyl (C=O) groups excluding carboxylic acids is 2. The zero-order valence-electron chi connectivity index (χ0n) is 17.1. The van der Waals surface area contributed by atoms with E-state index in [1.165, 1.54) is 18.5 Å². The summed E-state index contributed by atoms with van der Waals surface area (Å²) in [7, 11) is 0. The Morgan fingerprint density at radius 2 is 1.71 bits per heavy atom. The van der Waals surface area contributed by atoms with Crippen molar-refractivity contribution in [3.05, 3.63) is 35.9 Å². The second-order valence-electron chi connectivity index (χ2n) is 7.95. The third kappa shape index (κ3) is 6.04. The third-order valence-electron chi connectivity index (χ3n) is 5.83. The summed E-state index contributed by atoms with van der Waals surface area (Å²) in [5, 5.41) is 3.05. The van der Waals surface area contributed by atoms with Gasteiger partial charge >= 0.3 is 0 Å². The number of hydrogen-bond acceptors (Lipinski definition) is 4. The number of amides is 2. The van der Waals surface area contributed by atoms with Crippen LogP contribution in [-0.2, 0) is 16.0 Å². The fraction of sp³-hybridized carbons (Fsp3) is 0.636. The van der Waals surface area contributed by atoms with Gasteiger partial charge in [-0.25, -0.2) is 0 Å². The first-order valence-corrected chi connectivity index (χ1v) is 10.7. The van der Waals surface area contributed by atoms with Crippen molar-refractivity contribution in [2.45, 2.75) is 26.2 Å². The maximum atomic E-state index is 12.5. The number of benzene rings is 1. The highest BCUT2D eigenvalue weighted by molar-refractivity contribution is 5.89. The summed E-state index contributed by atoms with van der Waals surface area (Å²) in [4.78, 5) is 31.5. The number of piperazine rings is 1. The standard InChI is InChI=1S/C22H34N4O2/c1-2-10-24-13-15-25(16-14-24)12-9-23-22(28)20-17-21(27)26(18-20)11-8-19-6-4-3-5-7-19/h3-7,20H,2,8-18H2,1H3,(H,23,28)/t20-/m0/s1. The van der Waals surface area contributed by atoms with Gasteiger partial charge in [0.1, 0.15) is 0 Å². The Morgan fingerprint density at radius 3 is 2.39 bits per heavy atom. The average Bonchev–Trinajstić information content (AvgIpc) is 3.09. The topological polar surface area (TPSA) is 55.9 Å². The maximum absolute atomic E-state index is 12.5. The van der Waals surface area contributed by atoms with E-state index in [0.717, 1.165) is 39.1 Å². The highest BCUT2D eigenvalue weighted by atomic mass is 16.2. The van der Waals surface area contributed by atoms with Gasteiger partial charge in [-0.3, -0.25) is 14.5 Å². The largest absolute Gasteiger partial charge is 0.355 e. The second kappa shape index (κ2) is 10.6. The van der Waals surface area contributed by atoms with Gasteiger partial charge < -0.3 is 15.1 Å². The first-order chi connectivity index (χ1) is 13.7. The number of hydrogen-bond donors (Lipinski definition) is 1. The Labute approximate surface area is 168 Å². The molecule has 3 rings (SSSR count). The molecule has 0 bridgehead atoms. The van der Waals surface area contributed by atoms with E-state index in [-0.39, 0.29) is 17.7 Å². The Morgan fingerprint density at radius 1 is 1.04 bits per heavy atom. The van der Waals surface area contributed by atoms with Gasteiger partial charge in [0, 0.05) is 58.8 Å². The normalized spacial score (nSPS) is 21.2. The lowest BCUT2D eigenvalue weighted by Gasteiger charge is -2.34. The lowest BCUT2D eigenvalue weighted by molar-refractivity contribution is -0.129. The van der Waals surface area contributed by atoms with Crippen LogP contribution >= 0.6 is 0 Å². The molecule has 1 aromatic rings. The zero-order valence-corrected chi connectivity index (χ0v) is 17.1. The number of nitrogens with zero attached hydrogens (tertiary/aromatic N) is 3. The van der Waals surface area contributed by atoms with E-state index in [1.54, 1.807) is 0 Å². The van der Waals surface area contributed by atoms with Crippen molar-refractivity contribution < 1.29 is 9.59 Å². The Kier molecular flexibility index (Phi) is 7.86. The molecule has 0 radical (unpaired) electrons. The molecule has 1 N–H and O–H groups in total. The minimum atomic E-state index is -0.204. The number of likely N-dealkylation sites (tertiary alicyclic amines) is 1. The first-order valence-electron chi connectivity index (χ1n) is 10.7. The lowest BCUT2D eigenvalue weighted by atomic mass is 10.1. The molecule has 0 aromatic heterocycles. The molecular weight excluding hydrogens is 352 g/mol. The molecule has 0 spiro atoms. The van der Waals surface area contributed by atoms with Crippen LogP contribution in [0.2, 0.25) is 0 Å². The minimum absolute atomic E-state index is 0.0279. The molecule has 2 fully saturated rings. The van der Waals surface area contributed by atoms with E-state index < -0.39 is 0 Å². The summed E-state index contributed by atoms with van der Waals surface area (Å²) in [6.07, 6.45) is 2.39. The van der Waals surface area contributed by atoms with Gasteiger partial charge in [0.2, 0.25) is 11.8 Å². The SMILES string of the molecule is CCCN1CCN(CCNC(=O)[C@H]2CC(=O)N(CCc3ccccc3)C2)CC1. The van der Waals surface area contributed by atoms with Crippen LogP contribution in [0.5, 0.6) is 0 Å². The van der Waals surface area contributed by atoms with Crippen LogP contribution in [-0.4, -0.2) is 85.4 Å². The molecule has 6 heteroatoms. The molecule has 2 amide bonds. The molecule has 0 saturated carbocycles. The van der Waals surface area contributed by atoms with Crippen molar-refractivity contribution in [1.82, 2.24) is 20.0 Å². The highest BCUT2D eigenvalue weighted by Crippen LogP contribution is 2.18. The predicted octanol–water partition coefficient (Wildman–Crippen LogP) is 1.22. The maximum Gasteiger partial charge on any atom is 0.225 e.